The number of nitrogens with one attached hydrogen (secondary N) is 1. The molecule has 0 aliphatic heterocycles. The summed E-state index contributed by atoms with van der Waals surface area (Å²) < 4.78 is 0. The molecule has 0 radical (unpaired) electrons. The third-order valence-corrected chi connectivity index (χ3v) is 3.28. The maximum Gasteiger partial charge on any atom is 0.227 e. The van der Waals surface area contributed by atoms with E-state index in [9.17, 15) is 5.11 Å². The molecule has 0 spiro atoms. The fraction of sp³-hybridized carbons (Fsp3) is 0.357. The maximum absolute atomic E-state index is 9.69. The van der Waals surface area contributed by atoms with Gasteiger partial charge in [0, 0.05) is 12.5 Å². The molecule has 0 bridgehead atoms. The number of nitrogens with zero attached hydrogens (tertiary/aromatic N) is 3. The van der Waals surface area contributed by atoms with E-state index in [0.29, 0.717) is 30.6 Å². The maximum atomic E-state index is 9.69. The molecule has 0 atom stereocenters. The lowest BCUT2D eigenvalue weighted by Gasteiger charge is -2.08. The van der Waals surface area contributed by atoms with Crippen molar-refractivity contribution >= 4 is 11.9 Å². The van der Waals surface area contributed by atoms with E-state index in [2.05, 4.69) is 20.3 Å². The van der Waals surface area contributed by atoms with Gasteiger partial charge in [0.2, 0.25) is 11.9 Å². The van der Waals surface area contributed by atoms with Crippen molar-refractivity contribution in [3.05, 3.63) is 35.7 Å². The molecule has 6 nitrogen and oxygen atoms in total. The number of nitrogens with two attached hydrogens (primary N) is 1. The second-order valence-corrected chi connectivity index (χ2v) is 4.96. The van der Waals surface area contributed by atoms with E-state index in [1.54, 1.807) is 12.1 Å². The van der Waals surface area contributed by atoms with Gasteiger partial charge in [0.1, 0.15) is 11.6 Å². The number of phenols is 1. The first kappa shape index (κ1) is 12.7. The number of hydrogen-bond acceptors (Lipinski definition) is 6. The van der Waals surface area contributed by atoms with Crippen LogP contribution in [0.3, 0.4) is 0 Å². The Bertz CT molecular complexity index is 612. The Morgan fingerprint density at radius 3 is 2.75 bits per heavy atom. The number of phenolic OH excluding ortho intramolecular Hbond substituents is 1. The molecule has 1 aliphatic carbocycles. The van der Waals surface area contributed by atoms with Crippen LogP contribution in [0.5, 0.6) is 5.75 Å². The third-order valence-electron chi connectivity index (χ3n) is 3.28. The highest BCUT2D eigenvalue weighted by molar-refractivity contribution is 5.35. The van der Waals surface area contributed by atoms with Gasteiger partial charge >= 0.3 is 0 Å². The Hall–Kier alpha value is -2.37. The van der Waals surface area contributed by atoms with Crippen molar-refractivity contribution in [3.63, 3.8) is 0 Å². The Kier molecular flexibility index (Phi) is 3.37. The summed E-state index contributed by atoms with van der Waals surface area (Å²) in [6.07, 6.45) is 2.94. The van der Waals surface area contributed by atoms with Gasteiger partial charge in [0.05, 0.1) is 0 Å². The van der Waals surface area contributed by atoms with Gasteiger partial charge in [-0.3, -0.25) is 0 Å². The highest BCUT2D eigenvalue weighted by Crippen LogP contribution is 2.38. The van der Waals surface area contributed by atoms with Crippen molar-refractivity contribution < 1.29 is 5.11 Å². The van der Waals surface area contributed by atoms with Crippen LogP contribution in [0.2, 0.25) is 0 Å². The summed E-state index contributed by atoms with van der Waals surface area (Å²) in [5.74, 6) is 2.30. The molecule has 6 heteroatoms. The molecule has 1 aliphatic rings. The van der Waals surface area contributed by atoms with E-state index in [-0.39, 0.29) is 5.95 Å². The second kappa shape index (κ2) is 5.32. The van der Waals surface area contributed by atoms with E-state index in [1.165, 1.54) is 0 Å². The van der Waals surface area contributed by atoms with Gasteiger partial charge in [0.25, 0.3) is 0 Å². The topological polar surface area (TPSA) is 97.0 Å². The van der Waals surface area contributed by atoms with Crippen LogP contribution < -0.4 is 11.1 Å². The lowest BCUT2D eigenvalue weighted by Crippen LogP contribution is -2.11. The molecular formula is C14H17N5O. The van der Waals surface area contributed by atoms with Crippen molar-refractivity contribution in [1.82, 2.24) is 15.0 Å². The largest absolute Gasteiger partial charge is 0.508 e. The van der Waals surface area contributed by atoms with E-state index in [0.717, 1.165) is 24.2 Å². The molecule has 0 saturated heterocycles. The van der Waals surface area contributed by atoms with Gasteiger partial charge in [-0.15, -0.1) is 0 Å². The highest BCUT2D eigenvalue weighted by atomic mass is 16.3. The van der Waals surface area contributed by atoms with Gasteiger partial charge in [-0.1, -0.05) is 18.2 Å². The first-order valence-corrected chi connectivity index (χ1v) is 6.74. The molecule has 104 valence electrons. The molecule has 1 saturated carbocycles. The Morgan fingerprint density at radius 2 is 2.00 bits per heavy atom. The Balaban J connectivity index is 1.62. The van der Waals surface area contributed by atoms with Crippen LogP contribution in [0.15, 0.2) is 24.3 Å². The van der Waals surface area contributed by atoms with Crippen LogP contribution in [0.1, 0.15) is 30.1 Å². The van der Waals surface area contributed by atoms with E-state index in [4.69, 9.17) is 5.73 Å². The van der Waals surface area contributed by atoms with Crippen LogP contribution in [-0.2, 0) is 6.42 Å². The molecule has 4 N–H and O–H groups in total. The minimum absolute atomic E-state index is 0.256. The van der Waals surface area contributed by atoms with Crippen LogP contribution in [-0.4, -0.2) is 26.6 Å². The second-order valence-electron chi connectivity index (χ2n) is 4.96. The predicted molar refractivity (Wildman–Crippen MR) is 76.5 cm³/mol. The summed E-state index contributed by atoms with van der Waals surface area (Å²) >= 11 is 0. The quantitative estimate of drug-likeness (QED) is 0.765. The van der Waals surface area contributed by atoms with Crippen molar-refractivity contribution in [2.75, 3.05) is 17.6 Å². The van der Waals surface area contributed by atoms with Crippen molar-refractivity contribution in [2.24, 2.45) is 0 Å². The third kappa shape index (κ3) is 2.96. The number of nitrogen functional groups attached to an aromatic ring is 1. The van der Waals surface area contributed by atoms with Gasteiger partial charge in [0.15, 0.2) is 0 Å². The zero-order chi connectivity index (χ0) is 13.9. The molecule has 2 aromatic rings. The standard InChI is InChI=1S/C14H17N5O/c15-13-17-12(10-5-6-10)18-14(19-13)16-8-7-9-3-1-2-4-11(9)20/h1-4,10,20H,5-8H2,(H3,15,16,17,18,19). The molecule has 1 heterocycles. The smallest absolute Gasteiger partial charge is 0.227 e. The zero-order valence-electron chi connectivity index (χ0n) is 11.1. The molecule has 0 amide bonds. The summed E-state index contributed by atoms with van der Waals surface area (Å²) in [6, 6.07) is 7.29. The number of para-hydroxylation sites is 1. The number of hydrogen-bond donors (Lipinski definition) is 3. The van der Waals surface area contributed by atoms with Crippen molar-refractivity contribution in [3.8, 4) is 5.75 Å². The first-order chi connectivity index (χ1) is 9.72. The average Bonchev–Trinajstić information content (AvgIpc) is 3.25. The normalized spacial score (nSPS) is 14.2. The number of rotatable bonds is 5. The lowest BCUT2D eigenvalue weighted by molar-refractivity contribution is 0.468. The fourth-order valence-corrected chi connectivity index (χ4v) is 2.04. The number of aromatic hydroxyl groups is 1. The van der Waals surface area contributed by atoms with E-state index >= 15 is 0 Å². The average molecular weight is 271 g/mol. The number of benzene rings is 1. The van der Waals surface area contributed by atoms with Gasteiger partial charge in [-0.25, -0.2) is 0 Å². The van der Waals surface area contributed by atoms with Crippen LogP contribution in [0.4, 0.5) is 11.9 Å². The summed E-state index contributed by atoms with van der Waals surface area (Å²) in [5.41, 5.74) is 6.58. The summed E-state index contributed by atoms with van der Waals surface area (Å²) in [6.45, 7) is 0.630. The lowest BCUT2D eigenvalue weighted by atomic mass is 10.1. The van der Waals surface area contributed by atoms with Gasteiger partial charge < -0.3 is 16.2 Å². The molecule has 3 rings (SSSR count). The van der Waals surface area contributed by atoms with Crippen LogP contribution >= 0.6 is 0 Å². The van der Waals surface area contributed by atoms with Crippen molar-refractivity contribution in [2.45, 2.75) is 25.2 Å². The van der Waals surface area contributed by atoms with Gasteiger partial charge in [-0.05, 0) is 30.9 Å². The summed E-state index contributed by atoms with van der Waals surface area (Å²) in [4.78, 5) is 12.6. The van der Waals surface area contributed by atoms with Crippen LogP contribution in [0, 0.1) is 0 Å². The molecule has 0 unspecified atom stereocenters. The molecule has 1 aromatic heterocycles. The summed E-state index contributed by atoms with van der Waals surface area (Å²) in [7, 11) is 0. The minimum Gasteiger partial charge on any atom is -0.508 e. The van der Waals surface area contributed by atoms with Crippen LogP contribution in [0.25, 0.3) is 0 Å². The molecule has 1 fully saturated rings. The van der Waals surface area contributed by atoms with Crippen molar-refractivity contribution in [1.29, 1.82) is 0 Å². The Morgan fingerprint density at radius 1 is 1.20 bits per heavy atom. The SMILES string of the molecule is Nc1nc(NCCc2ccccc2O)nc(C2CC2)n1. The minimum atomic E-state index is 0.256. The number of anilines is 2. The van der Waals surface area contributed by atoms with E-state index < -0.39 is 0 Å². The predicted octanol–water partition coefficient (Wildman–Crippen LogP) is 1.69. The number of aromatic nitrogens is 3. The fourth-order valence-electron chi connectivity index (χ4n) is 2.04. The highest BCUT2D eigenvalue weighted by Gasteiger charge is 2.27. The molecule has 1 aromatic carbocycles. The first-order valence-electron chi connectivity index (χ1n) is 6.74. The zero-order valence-corrected chi connectivity index (χ0v) is 11.1. The molecule has 20 heavy (non-hydrogen) atoms. The van der Waals surface area contributed by atoms with E-state index in [1.807, 2.05) is 12.1 Å². The van der Waals surface area contributed by atoms with Gasteiger partial charge in [-0.2, -0.15) is 15.0 Å². The summed E-state index contributed by atoms with van der Waals surface area (Å²) in [5, 5.41) is 12.8. The molecular weight excluding hydrogens is 254 g/mol. The monoisotopic (exact) mass is 271 g/mol. The Labute approximate surface area is 117 Å².